The zero-order valence-electron chi connectivity index (χ0n) is 10.6. The summed E-state index contributed by atoms with van der Waals surface area (Å²) in [7, 11) is 1.50. The largest absolute Gasteiger partial charge is 0.573 e. The van der Waals surface area contributed by atoms with Gasteiger partial charge in [0.25, 0.3) is 0 Å². The van der Waals surface area contributed by atoms with Crippen LogP contribution < -0.4 is 15.2 Å². The first-order chi connectivity index (χ1) is 9.39. The molecule has 0 saturated carbocycles. The van der Waals surface area contributed by atoms with Crippen LogP contribution in [-0.2, 0) is 0 Å². The van der Waals surface area contributed by atoms with Crippen LogP contribution in [0.15, 0.2) is 42.5 Å². The average Bonchev–Trinajstić information content (AvgIpc) is 2.38. The fraction of sp³-hybridized carbons (Fsp3) is 0.143. The van der Waals surface area contributed by atoms with Crippen LogP contribution >= 0.6 is 0 Å². The minimum atomic E-state index is -4.69. The van der Waals surface area contributed by atoms with E-state index in [9.17, 15) is 13.2 Å². The summed E-state index contributed by atoms with van der Waals surface area (Å²) in [6, 6.07) is 10.6. The highest BCUT2D eigenvalue weighted by molar-refractivity contribution is 5.73. The van der Waals surface area contributed by atoms with Gasteiger partial charge < -0.3 is 15.2 Å². The zero-order valence-corrected chi connectivity index (χ0v) is 10.6. The van der Waals surface area contributed by atoms with Crippen LogP contribution in [0, 0.1) is 0 Å². The summed E-state index contributed by atoms with van der Waals surface area (Å²) in [6.07, 6.45) is -4.69. The van der Waals surface area contributed by atoms with Crippen molar-refractivity contribution in [2.75, 3.05) is 12.8 Å². The molecule has 2 N–H and O–H groups in total. The standard InChI is InChI=1S/C14H12F3NO2/c1-19-13-8-10(18)4-7-12(13)9-2-5-11(6-3-9)20-14(15,16)17/h2-8H,18H2,1H3. The number of ether oxygens (including phenoxy) is 2. The highest BCUT2D eigenvalue weighted by Gasteiger charge is 2.30. The summed E-state index contributed by atoms with van der Waals surface area (Å²) in [5.41, 5.74) is 7.64. The summed E-state index contributed by atoms with van der Waals surface area (Å²) >= 11 is 0. The number of halogens is 3. The molecule has 0 fully saturated rings. The first kappa shape index (κ1) is 14.0. The molecular formula is C14H12F3NO2. The van der Waals surface area contributed by atoms with Gasteiger partial charge >= 0.3 is 6.36 Å². The van der Waals surface area contributed by atoms with Gasteiger partial charge in [-0.1, -0.05) is 12.1 Å². The van der Waals surface area contributed by atoms with Crippen LogP contribution in [0.4, 0.5) is 18.9 Å². The predicted octanol–water partition coefficient (Wildman–Crippen LogP) is 3.84. The van der Waals surface area contributed by atoms with E-state index in [1.165, 1.54) is 31.4 Å². The van der Waals surface area contributed by atoms with Crippen molar-refractivity contribution in [1.82, 2.24) is 0 Å². The topological polar surface area (TPSA) is 44.5 Å². The summed E-state index contributed by atoms with van der Waals surface area (Å²) in [6.45, 7) is 0. The summed E-state index contributed by atoms with van der Waals surface area (Å²) in [4.78, 5) is 0. The maximum atomic E-state index is 12.1. The number of nitrogens with two attached hydrogens (primary N) is 1. The lowest BCUT2D eigenvalue weighted by molar-refractivity contribution is -0.274. The van der Waals surface area contributed by atoms with Crippen molar-refractivity contribution >= 4 is 5.69 Å². The third-order valence-electron chi connectivity index (χ3n) is 2.62. The van der Waals surface area contributed by atoms with E-state index in [0.717, 1.165) is 5.56 Å². The number of hydrogen-bond acceptors (Lipinski definition) is 3. The molecule has 0 aliphatic heterocycles. The number of hydrogen-bond donors (Lipinski definition) is 1. The second kappa shape index (κ2) is 5.32. The monoisotopic (exact) mass is 283 g/mol. The van der Waals surface area contributed by atoms with Gasteiger partial charge in [-0.2, -0.15) is 0 Å². The van der Waals surface area contributed by atoms with Gasteiger partial charge in [0.1, 0.15) is 11.5 Å². The second-order valence-electron chi connectivity index (χ2n) is 4.03. The Balaban J connectivity index is 2.30. The van der Waals surface area contributed by atoms with E-state index in [0.29, 0.717) is 17.0 Å². The minimum absolute atomic E-state index is 0.268. The Bertz CT molecular complexity index is 594. The third-order valence-corrected chi connectivity index (χ3v) is 2.62. The Hall–Kier alpha value is -2.37. The van der Waals surface area contributed by atoms with Crippen LogP contribution in [0.3, 0.4) is 0 Å². The Labute approximate surface area is 113 Å². The lowest BCUT2D eigenvalue weighted by Crippen LogP contribution is -2.16. The van der Waals surface area contributed by atoms with E-state index in [1.54, 1.807) is 18.2 Å². The number of rotatable bonds is 3. The van der Waals surface area contributed by atoms with Gasteiger partial charge in [-0.3, -0.25) is 0 Å². The molecule has 0 atom stereocenters. The van der Waals surface area contributed by atoms with E-state index in [-0.39, 0.29) is 5.75 Å². The fourth-order valence-corrected chi connectivity index (χ4v) is 1.78. The molecule has 2 rings (SSSR count). The van der Waals surface area contributed by atoms with Crippen LogP contribution in [-0.4, -0.2) is 13.5 Å². The molecule has 0 aromatic heterocycles. The molecule has 0 aliphatic rings. The Kier molecular flexibility index (Phi) is 3.74. The number of methoxy groups -OCH3 is 1. The molecular weight excluding hydrogens is 271 g/mol. The molecule has 6 heteroatoms. The van der Waals surface area contributed by atoms with Crippen molar-refractivity contribution in [3.8, 4) is 22.6 Å². The molecule has 0 amide bonds. The van der Waals surface area contributed by atoms with E-state index in [2.05, 4.69) is 4.74 Å². The van der Waals surface area contributed by atoms with Gasteiger partial charge in [-0.25, -0.2) is 0 Å². The smallest absolute Gasteiger partial charge is 0.496 e. The first-order valence-electron chi connectivity index (χ1n) is 5.69. The Morgan fingerprint density at radius 2 is 1.65 bits per heavy atom. The molecule has 3 nitrogen and oxygen atoms in total. The zero-order chi connectivity index (χ0) is 14.8. The van der Waals surface area contributed by atoms with Crippen molar-refractivity contribution in [3.05, 3.63) is 42.5 Å². The Morgan fingerprint density at radius 3 is 2.20 bits per heavy atom. The van der Waals surface area contributed by atoms with Crippen molar-refractivity contribution in [3.63, 3.8) is 0 Å². The van der Waals surface area contributed by atoms with Gasteiger partial charge in [-0.05, 0) is 29.8 Å². The van der Waals surface area contributed by atoms with Gasteiger partial charge in [0.2, 0.25) is 0 Å². The molecule has 2 aromatic carbocycles. The van der Waals surface area contributed by atoms with E-state index in [1.807, 2.05) is 0 Å². The van der Waals surface area contributed by atoms with Crippen LogP contribution in [0.25, 0.3) is 11.1 Å². The molecule has 0 aliphatic carbocycles. The maximum absolute atomic E-state index is 12.1. The molecule has 0 heterocycles. The summed E-state index contributed by atoms with van der Waals surface area (Å²) in [5, 5.41) is 0. The molecule has 2 aromatic rings. The highest BCUT2D eigenvalue weighted by Crippen LogP contribution is 2.33. The fourth-order valence-electron chi connectivity index (χ4n) is 1.78. The van der Waals surface area contributed by atoms with Crippen molar-refractivity contribution < 1.29 is 22.6 Å². The molecule has 0 radical (unpaired) electrons. The highest BCUT2D eigenvalue weighted by atomic mass is 19.4. The van der Waals surface area contributed by atoms with Crippen LogP contribution in [0.2, 0.25) is 0 Å². The minimum Gasteiger partial charge on any atom is -0.496 e. The van der Waals surface area contributed by atoms with E-state index < -0.39 is 6.36 Å². The first-order valence-corrected chi connectivity index (χ1v) is 5.69. The summed E-state index contributed by atoms with van der Waals surface area (Å²) < 4.78 is 45.2. The number of anilines is 1. The molecule has 20 heavy (non-hydrogen) atoms. The molecule has 0 bridgehead atoms. The number of benzene rings is 2. The lowest BCUT2D eigenvalue weighted by Gasteiger charge is -2.11. The van der Waals surface area contributed by atoms with E-state index >= 15 is 0 Å². The van der Waals surface area contributed by atoms with Crippen LogP contribution in [0.5, 0.6) is 11.5 Å². The number of alkyl halides is 3. The molecule has 106 valence electrons. The maximum Gasteiger partial charge on any atom is 0.573 e. The molecule has 0 spiro atoms. The average molecular weight is 283 g/mol. The van der Waals surface area contributed by atoms with Crippen molar-refractivity contribution in [1.29, 1.82) is 0 Å². The molecule has 0 saturated heterocycles. The normalized spacial score (nSPS) is 11.2. The van der Waals surface area contributed by atoms with Gasteiger partial charge in [0.15, 0.2) is 0 Å². The van der Waals surface area contributed by atoms with Crippen LogP contribution in [0.1, 0.15) is 0 Å². The SMILES string of the molecule is COc1cc(N)ccc1-c1ccc(OC(F)(F)F)cc1. The molecule has 0 unspecified atom stereocenters. The number of nitrogen functional groups attached to an aromatic ring is 1. The van der Waals surface area contributed by atoms with Crippen molar-refractivity contribution in [2.45, 2.75) is 6.36 Å². The second-order valence-corrected chi connectivity index (χ2v) is 4.03. The van der Waals surface area contributed by atoms with Gasteiger partial charge in [-0.15, -0.1) is 13.2 Å². The van der Waals surface area contributed by atoms with Gasteiger partial charge in [0.05, 0.1) is 7.11 Å². The summed E-state index contributed by atoms with van der Waals surface area (Å²) in [5.74, 6) is 0.283. The predicted molar refractivity (Wildman–Crippen MR) is 69.5 cm³/mol. The Morgan fingerprint density at radius 1 is 1.00 bits per heavy atom. The lowest BCUT2D eigenvalue weighted by atomic mass is 10.0. The van der Waals surface area contributed by atoms with E-state index in [4.69, 9.17) is 10.5 Å². The van der Waals surface area contributed by atoms with Gasteiger partial charge in [0, 0.05) is 17.3 Å². The third kappa shape index (κ3) is 3.34. The quantitative estimate of drug-likeness (QED) is 0.870. The van der Waals surface area contributed by atoms with Crippen molar-refractivity contribution in [2.24, 2.45) is 0 Å².